The highest BCUT2D eigenvalue weighted by Crippen LogP contribution is 2.25. The van der Waals surface area contributed by atoms with E-state index in [0.29, 0.717) is 11.7 Å². The molecular weight excluding hydrogens is 176 g/mol. The molecule has 4 heteroatoms. The summed E-state index contributed by atoms with van der Waals surface area (Å²) < 4.78 is 0. The Bertz CT molecular complexity index is 359. The van der Waals surface area contributed by atoms with Crippen molar-refractivity contribution in [3.05, 3.63) is 17.1 Å². The Labute approximate surface area is 84.2 Å². The highest BCUT2D eigenvalue weighted by atomic mass is 15.1. The number of aromatic nitrogens is 2. The molecule has 0 aliphatic carbocycles. The van der Waals surface area contributed by atoms with Gasteiger partial charge in [0.2, 0.25) is 0 Å². The lowest BCUT2D eigenvalue weighted by molar-refractivity contribution is 0.351. The van der Waals surface area contributed by atoms with Gasteiger partial charge in [-0.15, -0.1) is 0 Å². The van der Waals surface area contributed by atoms with E-state index < -0.39 is 0 Å². The molecule has 1 aliphatic rings. The lowest BCUT2D eigenvalue weighted by Crippen LogP contribution is -2.08. The summed E-state index contributed by atoms with van der Waals surface area (Å²) in [6.07, 6.45) is 0. The zero-order chi connectivity index (χ0) is 10.3. The molecule has 0 fully saturated rings. The van der Waals surface area contributed by atoms with Crippen LogP contribution >= 0.6 is 0 Å². The molecule has 1 aromatic rings. The van der Waals surface area contributed by atoms with Crippen LogP contribution in [-0.4, -0.2) is 21.9 Å². The Balaban J connectivity index is 2.46. The van der Waals surface area contributed by atoms with Crippen LogP contribution in [-0.2, 0) is 13.1 Å². The second-order valence-electron chi connectivity index (χ2n) is 4.22. The molecule has 4 nitrogen and oxygen atoms in total. The molecule has 2 rings (SSSR count). The number of nitrogens with two attached hydrogens (primary N) is 1. The van der Waals surface area contributed by atoms with E-state index in [-0.39, 0.29) is 0 Å². The predicted octanol–water partition coefficient (Wildman–Crippen LogP) is 1.13. The van der Waals surface area contributed by atoms with E-state index in [2.05, 4.69) is 35.8 Å². The van der Waals surface area contributed by atoms with Crippen molar-refractivity contribution in [3.8, 4) is 0 Å². The maximum Gasteiger partial charge on any atom is 0.133 e. The predicted molar refractivity (Wildman–Crippen MR) is 55.7 cm³/mol. The Morgan fingerprint density at radius 3 is 2.64 bits per heavy atom. The zero-order valence-corrected chi connectivity index (χ0v) is 8.91. The highest BCUT2D eigenvalue weighted by Gasteiger charge is 2.21. The second-order valence-corrected chi connectivity index (χ2v) is 4.22. The molecule has 2 N–H and O–H groups in total. The number of nitrogen functional groups attached to an aromatic ring is 1. The summed E-state index contributed by atoms with van der Waals surface area (Å²) >= 11 is 0. The van der Waals surface area contributed by atoms with Gasteiger partial charge in [-0.3, -0.25) is 4.90 Å². The Kier molecular flexibility index (Phi) is 2.15. The van der Waals surface area contributed by atoms with Crippen molar-refractivity contribution in [2.24, 2.45) is 0 Å². The first-order valence-electron chi connectivity index (χ1n) is 4.91. The van der Waals surface area contributed by atoms with E-state index in [1.807, 2.05) is 0 Å². The summed E-state index contributed by atoms with van der Waals surface area (Å²) in [6, 6.07) is 0. The number of nitrogens with zero attached hydrogens (tertiary/aromatic N) is 3. The normalized spacial score (nSPS) is 16.3. The maximum atomic E-state index is 5.89. The molecule has 1 aliphatic heterocycles. The SMILES string of the molecule is CC(C)c1nc(N)c2c(n1)CN(C)C2. The molecule has 1 aromatic heterocycles. The van der Waals surface area contributed by atoms with Gasteiger partial charge in [-0.2, -0.15) is 0 Å². The quantitative estimate of drug-likeness (QED) is 0.724. The summed E-state index contributed by atoms with van der Waals surface area (Å²) in [5, 5.41) is 0. The smallest absolute Gasteiger partial charge is 0.133 e. The van der Waals surface area contributed by atoms with Gasteiger partial charge in [0, 0.05) is 24.6 Å². The molecule has 14 heavy (non-hydrogen) atoms. The Morgan fingerprint density at radius 2 is 2.00 bits per heavy atom. The number of rotatable bonds is 1. The average Bonchev–Trinajstić information content (AvgIpc) is 2.45. The van der Waals surface area contributed by atoms with E-state index in [4.69, 9.17) is 5.73 Å². The molecule has 0 bridgehead atoms. The molecule has 0 spiro atoms. The minimum Gasteiger partial charge on any atom is -0.383 e. The van der Waals surface area contributed by atoms with Crippen molar-refractivity contribution < 1.29 is 0 Å². The van der Waals surface area contributed by atoms with Gasteiger partial charge in [-0.1, -0.05) is 13.8 Å². The van der Waals surface area contributed by atoms with E-state index >= 15 is 0 Å². The molecule has 0 amide bonds. The molecule has 0 unspecified atom stereocenters. The van der Waals surface area contributed by atoms with E-state index in [1.54, 1.807) is 0 Å². The van der Waals surface area contributed by atoms with Gasteiger partial charge < -0.3 is 5.73 Å². The van der Waals surface area contributed by atoms with E-state index in [9.17, 15) is 0 Å². The van der Waals surface area contributed by atoms with Crippen LogP contribution in [0.3, 0.4) is 0 Å². The average molecular weight is 192 g/mol. The summed E-state index contributed by atoms with van der Waals surface area (Å²) in [5.41, 5.74) is 8.10. The Morgan fingerprint density at radius 1 is 1.29 bits per heavy atom. The number of hydrogen-bond acceptors (Lipinski definition) is 4. The zero-order valence-electron chi connectivity index (χ0n) is 8.91. The van der Waals surface area contributed by atoms with Gasteiger partial charge in [0.1, 0.15) is 11.6 Å². The van der Waals surface area contributed by atoms with Crippen molar-refractivity contribution in [3.63, 3.8) is 0 Å². The lowest BCUT2D eigenvalue weighted by Gasteiger charge is -2.07. The first-order chi connectivity index (χ1) is 6.58. The topological polar surface area (TPSA) is 55.0 Å². The van der Waals surface area contributed by atoms with Crippen molar-refractivity contribution in [1.82, 2.24) is 14.9 Å². The fourth-order valence-corrected chi connectivity index (χ4v) is 1.71. The summed E-state index contributed by atoms with van der Waals surface area (Å²) in [6.45, 7) is 5.93. The monoisotopic (exact) mass is 192 g/mol. The third-order valence-corrected chi connectivity index (χ3v) is 2.51. The summed E-state index contributed by atoms with van der Waals surface area (Å²) in [5.74, 6) is 1.85. The van der Waals surface area contributed by atoms with Crippen molar-refractivity contribution in [2.45, 2.75) is 32.9 Å². The number of anilines is 1. The van der Waals surface area contributed by atoms with Crippen LogP contribution in [0.25, 0.3) is 0 Å². The van der Waals surface area contributed by atoms with Crippen LogP contribution in [0.15, 0.2) is 0 Å². The molecule has 0 saturated heterocycles. The van der Waals surface area contributed by atoms with Crippen molar-refractivity contribution in [1.29, 1.82) is 0 Å². The minimum absolute atomic E-state index is 0.341. The number of hydrogen-bond donors (Lipinski definition) is 1. The van der Waals surface area contributed by atoms with Gasteiger partial charge in [-0.05, 0) is 7.05 Å². The second kappa shape index (κ2) is 3.20. The van der Waals surface area contributed by atoms with Crippen LogP contribution < -0.4 is 5.73 Å². The molecule has 76 valence electrons. The van der Waals surface area contributed by atoms with E-state index in [0.717, 1.165) is 30.2 Å². The van der Waals surface area contributed by atoms with Gasteiger partial charge >= 0.3 is 0 Å². The fraction of sp³-hybridized carbons (Fsp3) is 0.600. The van der Waals surface area contributed by atoms with Gasteiger partial charge in [0.15, 0.2) is 0 Å². The van der Waals surface area contributed by atoms with Crippen LogP contribution in [0.2, 0.25) is 0 Å². The fourth-order valence-electron chi connectivity index (χ4n) is 1.71. The third kappa shape index (κ3) is 1.46. The minimum atomic E-state index is 0.341. The third-order valence-electron chi connectivity index (χ3n) is 2.51. The van der Waals surface area contributed by atoms with Gasteiger partial charge in [0.25, 0.3) is 0 Å². The molecule has 2 heterocycles. The Hall–Kier alpha value is -1.16. The first-order valence-corrected chi connectivity index (χ1v) is 4.91. The number of fused-ring (bicyclic) bond motifs is 1. The van der Waals surface area contributed by atoms with Gasteiger partial charge in [0.05, 0.1) is 5.69 Å². The van der Waals surface area contributed by atoms with Crippen molar-refractivity contribution >= 4 is 5.82 Å². The van der Waals surface area contributed by atoms with Crippen LogP contribution in [0.5, 0.6) is 0 Å². The standard InChI is InChI=1S/C10H16N4/c1-6(2)10-12-8-5-14(3)4-7(8)9(11)13-10/h6H,4-5H2,1-3H3,(H2,11,12,13). The highest BCUT2D eigenvalue weighted by molar-refractivity contribution is 5.44. The maximum absolute atomic E-state index is 5.89. The lowest BCUT2D eigenvalue weighted by atomic mass is 10.2. The largest absolute Gasteiger partial charge is 0.383 e. The molecule has 0 radical (unpaired) electrons. The molecule has 0 saturated carbocycles. The molecular formula is C10H16N4. The van der Waals surface area contributed by atoms with Crippen LogP contribution in [0.4, 0.5) is 5.82 Å². The summed E-state index contributed by atoms with van der Waals surface area (Å²) in [4.78, 5) is 11.0. The van der Waals surface area contributed by atoms with Crippen molar-refractivity contribution in [2.75, 3.05) is 12.8 Å². The summed E-state index contributed by atoms with van der Waals surface area (Å²) in [7, 11) is 2.07. The van der Waals surface area contributed by atoms with Gasteiger partial charge in [-0.25, -0.2) is 9.97 Å². The van der Waals surface area contributed by atoms with Crippen LogP contribution in [0.1, 0.15) is 36.8 Å². The first kappa shape index (κ1) is 9.40. The molecule has 0 atom stereocenters. The van der Waals surface area contributed by atoms with Crippen LogP contribution in [0, 0.1) is 0 Å². The molecule has 0 aromatic carbocycles. The van der Waals surface area contributed by atoms with E-state index in [1.165, 1.54) is 0 Å².